The lowest BCUT2D eigenvalue weighted by Gasteiger charge is -2.20. The average molecular weight is 306 g/mol. The van der Waals surface area contributed by atoms with Crippen LogP contribution in [0.3, 0.4) is 0 Å². The van der Waals surface area contributed by atoms with Crippen LogP contribution in [-0.2, 0) is 4.79 Å². The fraction of sp³-hybridized carbons (Fsp3) is 0.154. The molecular formula is C13H14N4OS2. The summed E-state index contributed by atoms with van der Waals surface area (Å²) in [5, 5.41) is 8.01. The van der Waals surface area contributed by atoms with Gasteiger partial charge in [0.1, 0.15) is 0 Å². The summed E-state index contributed by atoms with van der Waals surface area (Å²) in [6, 6.07) is 9.51. The van der Waals surface area contributed by atoms with Crippen LogP contribution in [0.2, 0.25) is 0 Å². The first kappa shape index (κ1) is 14.5. The van der Waals surface area contributed by atoms with E-state index in [2.05, 4.69) is 16.8 Å². The molecule has 0 aliphatic rings. The highest BCUT2D eigenvalue weighted by Crippen LogP contribution is 2.24. The standard InChI is InChI=1S/C13H14N4OS2/c1-2-8-17(10-6-4-3-5-7-10)11(18)9-19-13-16-15-12(14)20-13/h2-7H,1,8-9H2,(H2,14,15). The number of hydrogen-bond donors (Lipinski definition) is 1. The molecule has 104 valence electrons. The molecule has 1 amide bonds. The SMILES string of the molecule is C=CCN(C(=O)CSc1nnc(N)s1)c1ccccc1. The van der Waals surface area contributed by atoms with Crippen LogP contribution in [0.5, 0.6) is 0 Å². The molecule has 0 aliphatic carbocycles. The molecule has 0 aliphatic heterocycles. The molecule has 0 bridgehead atoms. The van der Waals surface area contributed by atoms with E-state index in [-0.39, 0.29) is 11.7 Å². The first-order valence-electron chi connectivity index (χ1n) is 5.89. The van der Waals surface area contributed by atoms with E-state index >= 15 is 0 Å². The zero-order chi connectivity index (χ0) is 14.4. The van der Waals surface area contributed by atoms with E-state index in [4.69, 9.17) is 5.73 Å². The highest BCUT2D eigenvalue weighted by atomic mass is 32.2. The number of para-hydroxylation sites is 1. The minimum atomic E-state index is -0.00475. The number of thioether (sulfide) groups is 1. The topological polar surface area (TPSA) is 72.1 Å². The van der Waals surface area contributed by atoms with Crippen LogP contribution < -0.4 is 10.6 Å². The molecule has 0 atom stereocenters. The van der Waals surface area contributed by atoms with Crippen molar-refractivity contribution in [3.63, 3.8) is 0 Å². The second-order valence-electron chi connectivity index (χ2n) is 3.82. The van der Waals surface area contributed by atoms with E-state index in [1.54, 1.807) is 11.0 Å². The fourth-order valence-corrected chi connectivity index (χ4v) is 3.08. The van der Waals surface area contributed by atoms with E-state index in [1.165, 1.54) is 23.1 Å². The maximum absolute atomic E-state index is 12.3. The van der Waals surface area contributed by atoms with Crippen LogP contribution in [-0.4, -0.2) is 28.4 Å². The van der Waals surface area contributed by atoms with Gasteiger partial charge in [-0.3, -0.25) is 4.79 Å². The molecule has 2 rings (SSSR count). The Morgan fingerprint density at radius 1 is 1.40 bits per heavy atom. The normalized spacial score (nSPS) is 10.2. The Kier molecular flexibility index (Phi) is 5.14. The van der Waals surface area contributed by atoms with E-state index < -0.39 is 0 Å². The lowest BCUT2D eigenvalue weighted by molar-refractivity contribution is -0.116. The summed E-state index contributed by atoms with van der Waals surface area (Å²) in [5.74, 6) is 0.284. The van der Waals surface area contributed by atoms with Crippen LogP contribution in [0.15, 0.2) is 47.3 Å². The Labute approximate surface area is 125 Å². The summed E-state index contributed by atoms with van der Waals surface area (Å²) >= 11 is 2.62. The van der Waals surface area contributed by atoms with Crippen molar-refractivity contribution in [3.05, 3.63) is 43.0 Å². The Balaban J connectivity index is 2.02. The zero-order valence-corrected chi connectivity index (χ0v) is 12.4. The third-order valence-electron chi connectivity index (χ3n) is 2.42. The van der Waals surface area contributed by atoms with Crippen LogP contribution in [0.25, 0.3) is 0 Å². The second kappa shape index (κ2) is 7.06. The predicted molar refractivity (Wildman–Crippen MR) is 84.0 cm³/mol. The number of anilines is 2. The van der Waals surface area contributed by atoms with Gasteiger partial charge in [-0.25, -0.2) is 0 Å². The lowest BCUT2D eigenvalue weighted by Crippen LogP contribution is -2.32. The Bertz CT molecular complexity index is 585. The predicted octanol–water partition coefficient (Wildman–Crippen LogP) is 2.43. The number of rotatable bonds is 6. The second-order valence-corrected chi connectivity index (χ2v) is 6.06. The van der Waals surface area contributed by atoms with Crippen LogP contribution in [0.1, 0.15) is 0 Å². The molecule has 2 N–H and O–H groups in total. The Morgan fingerprint density at radius 2 is 2.15 bits per heavy atom. The van der Waals surface area contributed by atoms with Crippen molar-refractivity contribution in [2.45, 2.75) is 4.34 Å². The number of carbonyl (C=O) groups excluding carboxylic acids is 1. The Hall–Kier alpha value is -1.86. The van der Waals surface area contributed by atoms with Crippen molar-refractivity contribution in [2.24, 2.45) is 0 Å². The first-order valence-corrected chi connectivity index (χ1v) is 7.69. The molecular weight excluding hydrogens is 292 g/mol. The molecule has 0 fully saturated rings. The number of nitrogens with two attached hydrogens (primary N) is 1. The number of amides is 1. The van der Waals surface area contributed by atoms with E-state index in [1.807, 2.05) is 30.3 Å². The lowest BCUT2D eigenvalue weighted by atomic mass is 10.3. The van der Waals surface area contributed by atoms with Crippen molar-refractivity contribution in [1.29, 1.82) is 0 Å². The third kappa shape index (κ3) is 3.82. The van der Waals surface area contributed by atoms with Gasteiger partial charge in [0.15, 0.2) is 4.34 Å². The van der Waals surface area contributed by atoms with Gasteiger partial charge >= 0.3 is 0 Å². The summed E-state index contributed by atoms with van der Waals surface area (Å²) < 4.78 is 0.697. The molecule has 1 aromatic carbocycles. The average Bonchev–Trinajstić information content (AvgIpc) is 2.89. The molecule has 20 heavy (non-hydrogen) atoms. The summed E-state index contributed by atoms with van der Waals surface area (Å²) in [6.07, 6.45) is 1.71. The van der Waals surface area contributed by atoms with E-state index in [9.17, 15) is 4.79 Å². The summed E-state index contributed by atoms with van der Waals surface area (Å²) in [6.45, 7) is 4.17. The van der Waals surface area contributed by atoms with Crippen molar-refractivity contribution in [3.8, 4) is 0 Å². The zero-order valence-electron chi connectivity index (χ0n) is 10.7. The highest BCUT2D eigenvalue weighted by molar-refractivity contribution is 8.01. The van der Waals surface area contributed by atoms with Gasteiger partial charge in [-0.15, -0.1) is 16.8 Å². The number of aromatic nitrogens is 2. The summed E-state index contributed by atoms with van der Waals surface area (Å²) in [4.78, 5) is 14.0. The minimum absolute atomic E-state index is 0.00475. The van der Waals surface area contributed by atoms with E-state index in [0.717, 1.165) is 5.69 Å². The van der Waals surface area contributed by atoms with Crippen LogP contribution >= 0.6 is 23.1 Å². The molecule has 0 spiro atoms. The van der Waals surface area contributed by atoms with Crippen molar-refractivity contribution in [1.82, 2.24) is 10.2 Å². The number of nitrogens with zero attached hydrogens (tertiary/aromatic N) is 3. The number of nitrogen functional groups attached to an aromatic ring is 1. The quantitative estimate of drug-likeness (QED) is 0.655. The molecule has 0 saturated carbocycles. The molecule has 1 heterocycles. The van der Waals surface area contributed by atoms with E-state index in [0.29, 0.717) is 16.0 Å². The van der Waals surface area contributed by atoms with Crippen molar-refractivity contribution < 1.29 is 4.79 Å². The van der Waals surface area contributed by atoms with Gasteiger partial charge in [0.05, 0.1) is 5.75 Å². The summed E-state index contributed by atoms with van der Waals surface area (Å²) in [5.41, 5.74) is 6.36. The number of benzene rings is 1. The first-order chi connectivity index (χ1) is 9.70. The van der Waals surface area contributed by atoms with Gasteiger partial charge in [0.2, 0.25) is 11.0 Å². The molecule has 2 aromatic rings. The number of hydrogen-bond acceptors (Lipinski definition) is 6. The fourth-order valence-electron chi connectivity index (χ4n) is 1.57. The molecule has 0 saturated heterocycles. The summed E-state index contributed by atoms with van der Waals surface area (Å²) in [7, 11) is 0. The van der Waals surface area contributed by atoms with Crippen LogP contribution in [0, 0.1) is 0 Å². The molecule has 7 heteroatoms. The molecule has 0 unspecified atom stereocenters. The van der Waals surface area contributed by atoms with Gasteiger partial charge < -0.3 is 10.6 Å². The van der Waals surface area contributed by atoms with Crippen LogP contribution in [0.4, 0.5) is 10.8 Å². The van der Waals surface area contributed by atoms with Crippen molar-refractivity contribution in [2.75, 3.05) is 22.9 Å². The van der Waals surface area contributed by atoms with Gasteiger partial charge in [0, 0.05) is 12.2 Å². The van der Waals surface area contributed by atoms with Gasteiger partial charge in [-0.1, -0.05) is 47.4 Å². The number of carbonyl (C=O) groups is 1. The third-order valence-corrected chi connectivity index (χ3v) is 4.29. The molecule has 0 radical (unpaired) electrons. The largest absolute Gasteiger partial charge is 0.374 e. The van der Waals surface area contributed by atoms with Gasteiger partial charge in [-0.2, -0.15) is 0 Å². The van der Waals surface area contributed by atoms with Gasteiger partial charge in [-0.05, 0) is 12.1 Å². The maximum atomic E-state index is 12.3. The smallest absolute Gasteiger partial charge is 0.237 e. The van der Waals surface area contributed by atoms with Gasteiger partial charge in [0.25, 0.3) is 0 Å². The van der Waals surface area contributed by atoms with Crippen molar-refractivity contribution >= 4 is 39.8 Å². The monoisotopic (exact) mass is 306 g/mol. The minimum Gasteiger partial charge on any atom is -0.374 e. The maximum Gasteiger partial charge on any atom is 0.237 e. The Morgan fingerprint density at radius 3 is 2.75 bits per heavy atom. The molecule has 5 nitrogen and oxygen atoms in total. The highest BCUT2D eigenvalue weighted by Gasteiger charge is 2.15. The molecule has 1 aromatic heterocycles.